The monoisotopic (exact) mass is 412 g/mol. The molecule has 0 unspecified atom stereocenters. The molecular formula is C15H33IN4O. The van der Waals surface area contributed by atoms with Crippen molar-refractivity contribution in [3.63, 3.8) is 0 Å². The van der Waals surface area contributed by atoms with Crippen molar-refractivity contribution in [1.29, 1.82) is 0 Å². The summed E-state index contributed by atoms with van der Waals surface area (Å²) in [4.78, 5) is 7.12. The standard InChI is InChI=1S/C15H32N4O.HI/c1-5-16-14(18-13-15(2,3)20-4)17-9-12-19-10-7-6-8-11-19;/h5-13H2,1-4H3,(H2,16,17,18);1H. The first-order valence-electron chi connectivity index (χ1n) is 7.87. The van der Waals surface area contributed by atoms with E-state index in [0.29, 0.717) is 6.54 Å². The molecule has 0 spiro atoms. The number of nitrogens with zero attached hydrogens (tertiary/aromatic N) is 2. The number of nitrogens with one attached hydrogen (secondary N) is 2. The molecule has 1 aliphatic heterocycles. The molecule has 6 heteroatoms. The molecule has 126 valence electrons. The van der Waals surface area contributed by atoms with Gasteiger partial charge in [0.15, 0.2) is 5.96 Å². The summed E-state index contributed by atoms with van der Waals surface area (Å²) >= 11 is 0. The number of hydrogen-bond donors (Lipinski definition) is 2. The van der Waals surface area contributed by atoms with E-state index < -0.39 is 0 Å². The van der Waals surface area contributed by atoms with Crippen molar-refractivity contribution in [2.75, 3.05) is 46.4 Å². The van der Waals surface area contributed by atoms with Crippen molar-refractivity contribution in [2.45, 2.75) is 45.6 Å². The molecule has 0 bridgehead atoms. The van der Waals surface area contributed by atoms with Crippen molar-refractivity contribution in [3.05, 3.63) is 0 Å². The van der Waals surface area contributed by atoms with Crippen molar-refractivity contribution in [1.82, 2.24) is 15.5 Å². The molecule has 21 heavy (non-hydrogen) atoms. The molecule has 1 rings (SSSR count). The van der Waals surface area contributed by atoms with E-state index in [0.717, 1.165) is 25.6 Å². The summed E-state index contributed by atoms with van der Waals surface area (Å²) in [6.45, 7) is 12.2. The molecular weight excluding hydrogens is 379 g/mol. The van der Waals surface area contributed by atoms with E-state index >= 15 is 0 Å². The summed E-state index contributed by atoms with van der Waals surface area (Å²) < 4.78 is 5.39. The van der Waals surface area contributed by atoms with Crippen LogP contribution in [0.3, 0.4) is 0 Å². The van der Waals surface area contributed by atoms with Gasteiger partial charge in [-0.15, -0.1) is 24.0 Å². The highest BCUT2D eigenvalue weighted by molar-refractivity contribution is 14.0. The van der Waals surface area contributed by atoms with Gasteiger partial charge in [-0.1, -0.05) is 6.42 Å². The Hall–Kier alpha value is -0.0800. The minimum atomic E-state index is -0.213. The van der Waals surface area contributed by atoms with Gasteiger partial charge in [-0.25, -0.2) is 0 Å². The second kappa shape index (κ2) is 11.5. The van der Waals surface area contributed by atoms with E-state index in [1.807, 2.05) is 13.8 Å². The Balaban J connectivity index is 0.00000400. The van der Waals surface area contributed by atoms with Gasteiger partial charge in [-0.05, 0) is 46.7 Å². The molecule has 0 atom stereocenters. The fraction of sp³-hybridized carbons (Fsp3) is 0.933. The Bertz CT molecular complexity index is 291. The largest absolute Gasteiger partial charge is 0.377 e. The lowest BCUT2D eigenvalue weighted by Crippen LogP contribution is -2.43. The number of likely N-dealkylation sites (tertiary alicyclic amines) is 1. The van der Waals surface area contributed by atoms with Crippen LogP contribution in [0.2, 0.25) is 0 Å². The Morgan fingerprint density at radius 1 is 1.19 bits per heavy atom. The summed E-state index contributed by atoms with van der Waals surface area (Å²) in [7, 11) is 1.73. The third-order valence-corrected chi connectivity index (χ3v) is 3.68. The van der Waals surface area contributed by atoms with E-state index in [1.165, 1.54) is 32.4 Å². The Morgan fingerprint density at radius 2 is 1.86 bits per heavy atom. The number of guanidine groups is 1. The zero-order valence-corrected chi connectivity index (χ0v) is 16.4. The van der Waals surface area contributed by atoms with Gasteiger partial charge in [0, 0.05) is 26.7 Å². The SMILES string of the molecule is CCNC(=NCC(C)(C)OC)NCCN1CCCCC1.I. The highest BCUT2D eigenvalue weighted by atomic mass is 127. The minimum Gasteiger partial charge on any atom is -0.377 e. The van der Waals surface area contributed by atoms with Crippen LogP contribution in [-0.2, 0) is 4.74 Å². The van der Waals surface area contributed by atoms with Gasteiger partial charge < -0.3 is 20.3 Å². The number of rotatable bonds is 7. The Labute approximate surface area is 147 Å². The highest BCUT2D eigenvalue weighted by Crippen LogP contribution is 2.08. The normalized spacial score (nSPS) is 17.2. The van der Waals surface area contributed by atoms with Gasteiger partial charge in [0.25, 0.3) is 0 Å². The van der Waals surface area contributed by atoms with Crippen molar-refractivity contribution >= 4 is 29.9 Å². The highest BCUT2D eigenvalue weighted by Gasteiger charge is 2.15. The molecule has 1 aliphatic rings. The van der Waals surface area contributed by atoms with Crippen LogP contribution in [0.4, 0.5) is 0 Å². The smallest absolute Gasteiger partial charge is 0.191 e. The molecule has 0 aromatic rings. The maximum absolute atomic E-state index is 5.39. The van der Waals surface area contributed by atoms with E-state index in [2.05, 4.69) is 27.4 Å². The molecule has 0 aromatic carbocycles. The summed E-state index contributed by atoms with van der Waals surface area (Å²) in [5.74, 6) is 0.884. The number of aliphatic imine (C=N–C) groups is 1. The predicted octanol–water partition coefficient (Wildman–Crippen LogP) is 2.07. The number of piperidine rings is 1. The van der Waals surface area contributed by atoms with Crippen molar-refractivity contribution in [2.24, 2.45) is 4.99 Å². The quantitative estimate of drug-likeness (QED) is 0.382. The second-order valence-corrected chi connectivity index (χ2v) is 5.99. The van der Waals surface area contributed by atoms with E-state index in [9.17, 15) is 0 Å². The zero-order chi connectivity index (χ0) is 14.8. The van der Waals surface area contributed by atoms with Crippen LogP contribution in [0.5, 0.6) is 0 Å². The van der Waals surface area contributed by atoms with Gasteiger partial charge in [-0.3, -0.25) is 4.99 Å². The van der Waals surface area contributed by atoms with Crippen LogP contribution < -0.4 is 10.6 Å². The van der Waals surface area contributed by atoms with Gasteiger partial charge in [0.05, 0.1) is 12.1 Å². The summed E-state index contributed by atoms with van der Waals surface area (Å²) in [6, 6.07) is 0. The third kappa shape index (κ3) is 9.52. The van der Waals surface area contributed by atoms with E-state index in [4.69, 9.17) is 4.74 Å². The number of ether oxygens (including phenoxy) is 1. The molecule has 0 aliphatic carbocycles. The van der Waals surface area contributed by atoms with E-state index in [-0.39, 0.29) is 29.6 Å². The average Bonchev–Trinajstić information content (AvgIpc) is 2.46. The van der Waals surface area contributed by atoms with Gasteiger partial charge in [0.1, 0.15) is 0 Å². The summed E-state index contributed by atoms with van der Waals surface area (Å²) in [5, 5.41) is 6.69. The summed E-state index contributed by atoms with van der Waals surface area (Å²) in [6.07, 6.45) is 4.08. The number of halogens is 1. The first-order chi connectivity index (χ1) is 9.57. The van der Waals surface area contributed by atoms with Crippen LogP contribution in [0.15, 0.2) is 4.99 Å². The van der Waals surface area contributed by atoms with E-state index in [1.54, 1.807) is 7.11 Å². The van der Waals surface area contributed by atoms with Gasteiger partial charge in [0.2, 0.25) is 0 Å². The lowest BCUT2D eigenvalue weighted by Gasteiger charge is -2.27. The third-order valence-electron chi connectivity index (χ3n) is 3.68. The topological polar surface area (TPSA) is 48.9 Å². The fourth-order valence-electron chi connectivity index (χ4n) is 2.19. The molecule has 1 saturated heterocycles. The first-order valence-corrected chi connectivity index (χ1v) is 7.87. The Morgan fingerprint density at radius 3 is 2.43 bits per heavy atom. The molecule has 2 N–H and O–H groups in total. The first kappa shape index (κ1) is 20.9. The molecule has 1 heterocycles. The van der Waals surface area contributed by atoms with Crippen LogP contribution >= 0.6 is 24.0 Å². The molecule has 5 nitrogen and oxygen atoms in total. The lowest BCUT2D eigenvalue weighted by molar-refractivity contribution is 0.0310. The molecule has 0 aromatic heterocycles. The average molecular weight is 412 g/mol. The molecule has 0 saturated carbocycles. The maximum Gasteiger partial charge on any atom is 0.191 e. The maximum atomic E-state index is 5.39. The second-order valence-electron chi connectivity index (χ2n) is 5.99. The molecule has 1 fully saturated rings. The zero-order valence-electron chi connectivity index (χ0n) is 14.1. The Kier molecular flexibility index (Phi) is 11.4. The van der Waals surface area contributed by atoms with Crippen molar-refractivity contribution in [3.8, 4) is 0 Å². The van der Waals surface area contributed by atoms with Crippen LogP contribution in [0.25, 0.3) is 0 Å². The lowest BCUT2D eigenvalue weighted by atomic mass is 10.1. The van der Waals surface area contributed by atoms with Gasteiger partial charge >= 0.3 is 0 Å². The number of hydrogen-bond acceptors (Lipinski definition) is 3. The van der Waals surface area contributed by atoms with Crippen molar-refractivity contribution < 1.29 is 4.74 Å². The summed E-state index contributed by atoms with van der Waals surface area (Å²) in [5.41, 5.74) is -0.213. The van der Waals surface area contributed by atoms with Crippen LogP contribution in [0.1, 0.15) is 40.0 Å². The molecule has 0 amide bonds. The van der Waals surface area contributed by atoms with Crippen LogP contribution in [0, 0.1) is 0 Å². The minimum absolute atomic E-state index is 0. The predicted molar refractivity (Wildman–Crippen MR) is 101 cm³/mol. The van der Waals surface area contributed by atoms with Gasteiger partial charge in [-0.2, -0.15) is 0 Å². The van der Waals surface area contributed by atoms with Crippen LogP contribution in [-0.4, -0.2) is 62.8 Å². The number of methoxy groups -OCH3 is 1. The molecule has 0 radical (unpaired) electrons. The fourth-order valence-corrected chi connectivity index (χ4v) is 2.19.